The third-order valence-electron chi connectivity index (χ3n) is 3.43. The van der Waals surface area contributed by atoms with Crippen LogP contribution in [0.4, 0.5) is 0 Å². The predicted octanol–water partition coefficient (Wildman–Crippen LogP) is 2.83. The van der Waals surface area contributed by atoms with E-state index in [0.717, 1.165) is 25.7 Å². The second-order valence-electron chi connectivity index (χ2n) is 4.69. The zero-order valence-corrected chi connectivity index (χ0v) is 13.8. The van der Waals surface area contributed by atoms with Gasteiger partial charge in [-0.25, -0.2) is 8.42 Å². The van der Waals surface area contributed by atoms with Crippen molar-refractivity contribution in [2.24, 2.45) is 0 Å². The molecule has 0 saturated heterocycles. The third kappa shape index (κ3) is 3.39. The second kappa shape index (κ2) is 6.67. The summed E-state index contributed by atoms with van der Waals surface area (Å²) in [5, 5.41) is 10.9. The first-order valence-corrected chi connectivity index (χ1v) is 9.54. The van der Waals surface area contributed by atoms with Gasteiger partial charge in [-0.1, -0.05) is 19.3 Å². The van der Waals surface area contributed by atoms with Crippen LogP contribution in [0, 0.1) is 0 Å². The molecule has 1 aromatic heterocycles. The second-order valence-corrected chi connectivity index (χ2v) is 8.54. The Kier molecular flexibility index (Phi) is 5.42. The molecule has 19 heavy (non-hydrogen) atoms. The van der Waals surface area contributed by atoms with E-state index in [1.807, 2.05) is 0 Å². The van der Waals surface area contributed by atoms with Crippen molar-refractivity contribution in [3.05, 3.63) is 15.9 Å². The van der Waals surface area contributed by atoms with Crippen molar-refractivity contribution in [1.82, 2.24) is 4.31 Å². The maximum absolute atomic E-state index is 12.7. The Bertz CT molecular complexity index is 509. The van der Waals surface area contributed by atoms with Crippen LogP contribution in [0.25, 0.3) is 0 Å². The molecule has 1 saturated carbocycles. The standard InChI is InChI=1S/C12H18BrNO3S2/c13-11-6-9-18-12(11)19(16,17)14(7-8-15)10-4-2-1-3-5-10/h6,9-10,15H,1-5,7-8H2. The van der Waals surface area contributed by atoms with Gasteiger partial charge in [-0.05, 0) is 40.2 Å². The Morgan fingerprint density at radius 1 is 1.37 bits per heavy atom. The average molecular weight is 368 g/mol. The van der Waals surface area contributed by atoms with Crippen molar-refractivity contribution in [3.8, 4) is 0 Å². The molecule has 1 aliphatic carbocycles. The van der Waals surface area contributed by atoms with Crippen LogP contribution in [0.2, 0.25) is 0 Å². The molecule has 0 bridgehead atoms. The fraction of sp³-hybridized carbons (Fsp3) is 0.667. The summed E-state index contributed by atoms with van der Waals surface area (Å²) in [6.07, 6.45) is 5.08. The number of thiophene rings is 1. The minimum Gasteiger partial charge on any atom is -0.395 e. The van der Waals surface area contributed by atoms with E-state index >= 15 is 0 Å². The topological polar surface area (TPSA) is 57.6 Å². The molecule has 108 valence electrons. The van der Waals surface area contributed by atoms with Crippen LogP contribution in [-0.4, -0.2) is 37.0 Å². The summed E-state index contributed by atoms with van der Waals surface area (Å²) < 4.78 is 27.8. The summed E-state index contributed by atoms with van der Waals surface area (Å²) in [5.74, 6) is 0. The van der Waals surface area contributed by atoms with Crippen molar-refractivity contribution < 1.29 is 13.5 Å². The number of halogens is 1. The number of sulfonamides is 1. The molecule has 0 atom stereocenters. The zero-order valence-electron chi connectivity index (χ0n) is 10.6. The van der Waals surface area contributed by atoms with Gasteiger partial charge in [-0.3, -0.25) is 0 Å². The quantitative estimate of drug-likeness (QED) is 0.870. The molecule has 1 fully saturated rings. The number of hydrogen-bond acceptors (Lipinski definition) is 4. The molecule has 1 heterocycles. The van der Waals surface area contributed by atoms with Crippen LogP contribution in [0.1, 0.15) is 32.1 Å². The molecule has 1 N–H and O–H groups in total. The smallest absolute Gasteiger partial charge is 0.254 e. The van der Waals surface area contributed by atoms with E-state index in [0.29, 0.717) is 8.68 Å². The molecule has 0 aliphatic heterocycles. The van der Waals surface area contributed by atoms with E-state index in [1.165, 1.54) is 22.1 Å². The maximum Gasteiger partial charge on any atom is 0.254 e. The molecule has 2 rings (SSSR count). The Morgan fingerprint density at radius 2 is 2.05 bits per heavy atom. The normalized spacial score (nSPS) is 18.1. The lowest BCUT2D eigenvalue weighted by atomic mass is 9.95. The Balaban J connectivity index is 2.29. The first-order valence-electron chi connectivity index (χ1n) is 6.43. The largest absolute Gasteiger partial charge is 0.395 e. The molecule has 0 spiro atoms. The first kappa shape index (κ1) is 15.4. The van der Waals surface area contributed by atoms with Gasteiger partial charge in [0.25, 0.3) is 10.0 Å². The van der Waals surface area contributed by atoms with Crippen molar-refractivity contribution >= 4 is 37.3 Å². The van der Waals surface area contributed by atoms with Gasteiger partial charge in [0.05, 0.1) is 6.61 Å². The lowest BCUT2D eigenvalue weighted by molar-refractivity contribution is 0.199. The molecule has 0 amide bonds. The molecular formula is C12H18BrNO3S2. The summed E-state index contributed by atoms with van der Waals surface area (Å²) in [6.45, 7) is 0.0378. The fourth-order valence-electron chi connectivity index (χ4n) is 2.54. The van der Waals surface area contributed by atoms with Gasteiger partial charge in [0.2, 0.25) is 0 Å². The average Bonchev–Trinajstić information content (AvgIpc) is 2.84. The van der Waals surface area contributed by atoms with Gasteiger partial charge in [0.1, 0.15) is 4.21 Å². The van der Waals surface area contributed by atoms with Crippen LogP contribution < -0.4 is 0 Å². The van der Waals surface area contributed by atoms with Gasteiger partial charge in [-0.15, -0.1) is 11.3 Å². The highest BCUT2D eigenvalue weighted by Gasteiger charge is 2.33. The molecule has 0 aromatic carbocycles. The van der Waals surface area contributed by atoms with Crippen molar-refractivity contribution in [2.75, 3.05) is 13.2 Å². The Morgan fingerprint density at radius 3 is 2.58 bits per heavy atom. The first-order chi connectivity index (χ1) is 9.07. The number of aliphatic hydroxyl groups is 1. The van der Waals surface area contributed by atoms with E-state index in [9.17, 15) is 13.5 Å². The van der Waals surface area contributed by atoms with Crippen LogP contribution in [0.5, 0.6) is 0 Å². The molecule has 1 aromatic rings. The molecular weight excluding hydrogens is 350 g/mol. The van der Waals surface area contributed by atoms with Crippen LogP contribution in [-0.2, 0) is 10.0 Å². The van der Waals surface area contributed by atoms with Gasteiger partial charge in [0.15, 0.2) is 0 Å². The van der Waals surface area contributed by atoms with Crippen LogP contribution in [0.3, 0.4) is 0 Å². The minimum atomic E-state index is -3.51. The van der Waals surface area contributed by atoms with E-state index < -0.39 is 10.0 Å². The monoisotopic (exact) mass is 367 g/mol. The molecule has 7 heteroatoms. The van der Waals surface area contributed by atoms with Gasteiger partial charge in [0, 0.05) is 17.1 Å². The van der Waals surface area contributed by atoms with E-state index in [-0.39, 0.29) is 19.2 Å². The SMILES string of the molecule is O=S(=O)(c1sccc1Br)N(CCO)C1CCCCC1. The Labute approximate surface area is 126 Å². The number of aliphatic hydroxyl groups excluding tert-OH is 1. The minimum absolute atomic E-state index is 0.0277. The number of nitrogens with zero attached hydrogens (tertiary/aromatic N) is 1. The highest BCUT2D eigenvalue weighted by Crippen LogP contribution is 2.33. The van der Waals surface area contributed by atoms with Crippen molar-refractivity contribution in [2.45, 2.75) is 42.4 Å². The molecule has 4 nitrogen and oxygen atoms in total. The van der Waals surface area contributed by atoms with Crippen molar-refractivity contribution in [1.29, 1.82) is 0 Å². The molecule has 0 unspecified atom stereocenters. The predicted molar refractivity (Wildman–Crippen MR) is 79.9 cm³/mol. The van der Waals surface area contributed by atoms with Crippen LogP contribution in [0.15, 0.2) is 20.1 Å². The summed E-state index contributed by atoms with van der Waals surface area (Å²) in [7, 11) is -3.51. The van der Waals surface area contributed by atoms with Gasteiger partial charge in [-0.2, -0.15) is 4.31 Å². The number of hydrogen-bond donors (Lipinski definition) is 1. The summed E-state index contributed by atoms with van der Waals surface area (Å²) in [4.78, 5) is 0. The highest BCUT2D eigenvalue weighted by atomic mass is 79.9. The Hall–Kier alpha value is 0.0500. The van der Waals surface area contributed by atoms with Gasteiger partial charge >= 0.3 is 0 Å². The van der Waals surface area contributed by atoms with E-state index in [4.69, 9.17) is 0 Å². The highest BCUT2D eigenvalue weighted by molar-refractivity contribution is 9.10. The van der Waals surface area contributed by atoms with E-state index in [1.54, 1.807) is 11.4 Å². The summed E-state index contributed by atoms with van der Waals surface area (Å²) in [5.41, 5.74) is 0. The van der Waals surface area contributed by atoms with E-state index in [2.05, 4.69) is 15.9 Å². The lowest BCUT2D eigenvalue weighted by Crippen LogP contribution is -2.42. The van der Waals surface area contributed by atoms with Crippen LogP contribution >= 0.6 is 27.3 Å². The third-order valence-corrected chi connectivity index (χ3v) is 8.03. The fourth-order valence-corrected chi connectivity index (χ4v) is 6.64. The molecule has 0 radical (unpaired) electrons. The zero-order chi connectivity index (χ0) is 13.9. The summed E-state index contributed by atoms with van der Waals surface area (Å²) in [6, 6.07) is 1.77. The maximum atomic E-state index is 12.7. The number of rotatable bonds is 5. The summed E-state index contributed by atoms with van der Waals surface area (Å²) >= 11 is 4.50. The lowest BCUT2D eigenvalue weighted by Gasteiger charge is -2.32. The van der Waals surface area contributed by atoms with Crippen molar-refractivity contribution in [3.63, 3.8) is 0 Å². The molecule has 1 aliphatic rings. The van der Waals surface area contributed by atoms with Gasteiger partial charge < -0.3 is 5.11 Å².